The van der Waals surface area contributed by atoms with E-state index in [0.717, 1.165) is 37.2 Å². The first-order valence-corrected chi connectivity index (χ1v) is 6.60. The van der Waals surface area contributed by atoms with Crippen molar-refractivity contribution in [1.82, 2.24) is 4.98 Å². The molecule has 96 valence electrons. The number of nitrogens with one attached hydrogen (secondary N) is 2. The molecule has 2 N–H and O–H groups in total. The van der Waals surface area contributed by atoms with Gasteiger partial charge in [0, 0.05) is 12.1 Å². The molecule has 3 nitrogen and oxygen atoms in total. The van der Waals surface area contributed by atoms with E-state index in [1.807, 2.05) is 12.4 Å². The van der Waals surface area contributed by atoms with Crippen LogP contribution in [0.25, 0.3) is 0 Å². The molecule has 0 saturated carbocycles. The highest BCUT2D eigenvalue weighted by Crippen LogP contribution is 2.22. The zero-order chi connectivity index (χ0) is 12.7. The van der Waals surface area contributed by atoms with Crippen LogP contribution in [0.5, 0.6) is 0 Å². The molecule has 0 spiro atoms. The highest BCUT2D eigenvalue weighted by Gasteiger charge is 2.18. The Labute approximate surface area is 105 Å². The van der Waals surface area contributed by atoms with Gasteiger partial charge in [-0.1, -0.05) is 20.8 Å². The summed E-state index contributed by atoms with van der Waals surface area (Å²) in [6, 6.07) is 2.13. The number of aromatic nitrogens is 1. The van der Waals surface area contributed by atoms with Crippen LogP contribution < -0.4 is 10.6 Å². The maximum absolute atomic E-state index is 4.27. The van der Waals surface area contributed by atoms with E-state index in [2.05, 4.69) is 49.4 Å². The smallest absolute Gasteiger partial charge is 0.0551 e. The normalized spacial score (nSPS) is 11.3. The highest BCUT2D eigenvalue weighted by molar-refractivity contribution is 5.55. The monoisotopic (exact) mass is 235 g/mol. The van der Waals surface area contributed by atoms with Crippen LogP contribution in [0.1, 0.15) is 47.0 Å². The lowest BCUT2D eigenvalue weighted by molar-refractivity contribution is 0.478. The Morgan fingerprint density at radius 1 is 1.12 bits per heavy atom. The van der Waals surface area contributed by atoms with E-state index in [4.69, 9.17) is 0 Å². The summed E-state index contributed by atoms with van der Waals surface area (Å²) < 4.78 is 0. The Hall–Kier alpha value is -1.25. The number of nitrogens with zero attached hydrogens (tertiary/aromatic N) is 1. The third kappa shape index (κ3) is 4.25. The van der Waals surface area contributed by atoms with Crippen LogP contribution in [-0.2, 0) is 0 Å². The molecule has 0 aliphatic carbocycles. The quantitative estimate of drug-likeness (QED) is 0.752. The molecule has 1 heterocycles. The molecular formula is C14H25N3. The van der Waals surface area contributed by atoms with Gasteiger partial charge < -0.3 is 10.6 Å². The molecule has 3 heteroatoms. The Morgan fingerprint density at radius 2 is 1.76 bits per heavy atom. The SMILES string of the molecule is CCCNc1cncc(NC(C)(CC)CC)c1. The third-order valence-electron chi connectivity index (χ3n) is 3.32. The minimum atomic E-state index is 0.158. The van der Waals surface area contributed by atoms with E-state index in [-0.39, 0.29) is 5.54 Å². The molecule has 1 rings (SSSR count). The van der Waals surface area contributed by atoms with Crippen molar-refractivity contribution in [2.24, 2.45) is 0 Å². The van der Waals surface area contributed by atoms with Crippen molar-refractivity contribution in [1.29, 1.82) is 0 Å². The van der Waals surface area contributed by atoms with Crippen LogP contribution in [0.3, 0.4) is 0 Å². The molecule has 0 saturated heterocycles. The predicted molar refractivity (Wildman–Crippen MR) is 75.6 cm³/mol. The summed E-state index contributed by atoms with van der Waals surface area (Å²) in [6.07, 6.45) is 7.10. The molecule has 0 bridgehead atoms. The second-order valence-corrected chi connectivity index (χ2v) is 4.78. The summed E-state index contributed by atoms with van der Waals surface area (Å²) in [5.74, 6) is 0. The maximum atomic E-state index is 4.27. The lowest BCUT2D eigenvalue weighted by Gasteiger charge is -2.29. The van der Waals surface area contributed by atoms with Gasteiger partial charge in [0.25, 0.3) is 0 Å². The fourth-order valence-corrected chi connectivity index (χ4v) is 1.65. The van der Waals surface area contributed by atoms with Crippen molar-refractivity contribution < 1.29 is 0 Å². The van der Waals surface area contributed by atoms with Crippen LogP contribution in [-0.4, -0.2) is 17.1 Å². The first kappa shape index (κ1) is 13.8. The fourth-order valence-electron chi connectivity index (χ4n) is 1.65. The zero-order valence-corrected chi connectivity index (χ0v) is 11.5. The fraction of sp³-hybridized carbons (Fsp3) is 0.643. The zero-order valence-electron chi connectivity index (χ0n) is 11.5. The molecule has 0 aliphatic heterocycles. The van der Waals surface area contributed by atoms with Gasteiger partial charge in [0.1, 0.15) is 0 Å². The molecule has 0 fully saturated rings. The largest absolute Gasteiger partial charge is 0.384 e. The first-order valence-electron chi connectivity index (χ1n) is 6.60. The molecule has 0 aromatic carbocycles. The minimum Gasteiger partial charge on any atom is -0.384 e. The Morgan fingerprint density at radius 3 is 2.35 bits per heavy atom. The van der Waals surface area contributed by atoms with Gasteiger partial charge in [0.05, 0.1) is 23.8 Å². The first-order chi connectivity index (χ1) is 8.13. The van der Waals surface area contributed by atoms with Crippen molar-refractivity contribution in [3.8, 4) is 0 Å². The van der Waals surface area contributed by atoms with Gasteiger partial charge >= 0.3 is 0 Å². The van der Waals surface area contributed by atoms with E-state index >= 15 is 0 Å². The molecular weight excluding hydrogens is 210 g/mol. The van der Waals surface area contributed by atoms with Crippen molar-refractivity contribution in [2.45, 2.75) is 52.5 Å². The predicted octanol–water partition coefficient (Wildman–Crippen LogP) is 3.89. The van der Waals surface area contributed by atoms with E-state index in [1.165, 1.54) is 0 Å². The van der Waals surface area contributed by atoms with Crippen LogP contribution in [0.4, 0.5) is 11.4 Å². The van der Waals surface area contributed by atoms with Gasteiger partial charge in [-0.15, -0.1) is 0 Å². The summed E-state index contributed by atoms with van der Waals surface area (Å²) in [5, 5.41) is 6.92. The van der Waals surface area contributed by atoms with E-state index in [0.29, 0.717) is 0 Å². The Bertz CT molecular complexity index is 332. The number of anilines is 2. The topological polar surface area (TPSA) is 37.0 Å². The lowest BCUT2D eigenvalue weighted by Crippen LogP contribution is -2.32. The van der Waals surface area contributed by atoms with Gasteiger partial charge in [-0.2, -0.15) is 0 Å². The lowest BCUT2D eigenvalue weighted by atomic mass is 9.95. The summed E-state index contributed by atoms with van der Waals surface area (Å²) >= 11 is 0. The molecule has 0 radical (unpaired) electrons. The minimum absolute atomic E-state index is 0.158. The van der Waals surface area contributed by atoms with E-state index in [9.17, 15) is 0 Å². The average molecular weight is 235 g/mol. The van der Waals surface area contributed by atoms with Crippen molar-refractivity contribution in [3.63, 3.8) is 0 Å². The summed E-state index contributed by atoms with van der Waals surface area (Å²) in [4.78, 5) is 4.27. The van der Waals surface area contributed by atoms with Gasteiger partial charge in [-0.3, -0.25) is 4.98 Å². The maximum Gasteiger partial charge on any atom is 0.0551 e. The highest BCUT2D eigenvalue weighted by atomic mass is 15.0. The molecule has 0 aliphatic rings. The van der Waals surface area contributed by atoms with Crippen molar-refractivity contribution in [2.75, 3.05) is 17.2 Å². The molecule has 0 unspecified atom stereocenters. The van der Waals surface area contributed by atoms with Crippen LogP contribution in [0, 0.1) is 0 Å². The molecule has 1 aromatic rings. The number of hydrogen-bond acceptors (Lipinski definition) is 3. The van der Waals surface area contributed by atoms with Crippen molar-refractivity contribution in [3.05, 3.63) is 18.5 Å². The second-order valence-electron chi connectivity index (χ2n) is 4.78. The summed E-state index contributed by atoms with van der Waals surface area (Å²) in [5.41, 5.74) is 2.34. The van der Waals surface area contributed by atoms with E-state index in [1.54, 1.807) is 0 Å². The van der Waals surface area contributed by atoms with Gasteiger partial charge in [0.15, 0.2) is 0 Å². The summed E-state index contributed by atoms with van der Waals surface area (Å²) in [6.45, 7) is 9.82. The number of pyridine rings is 1. The van der Waals surface area contributed by atoms with E-state index < -0.39 is 0 Å². The molecule has 0 atom stereocenters. The number of rotatable bonds is 7. The average Bonchev–Trinajstić information content (AvgIpc) is 2.36. The van der Waals surface area contributed by atoms with Crippen molar-refractivity contribution >= 4 is 11.4 Å². The third-order valence-corrected chi connectivity index (χ3v) is 3.32. The molecule has 0 amide bonds. The summed E-state index contributed by atoms with van der Waals surface area (Å²) in [7, 11) is 0. The Kier molecular flexibility index (Phi) is 5.26. The van der Waals surface area contributed by atoms with Crippen LogP contribution >= 0.6 is 0 Å². The molecule has 17 heavy (non-hydrogen) atoms. The molecule has 1 aromatic heterocycles. The van der Waals surface area contributed by atoms with Gasteiger partial charge in [-0.05, 0) is 32.3 Å². The van der Waals surface area contributed by atoms with Crippen LogP contribution in [0.15, 0.2) is 18.5 Å². The Balaban J connectivity index is 2.71. The van der Waals surface area contributed by atoms with Gasteiger partial charge in [0.2, 0.25) is 0 Å². The van der Waals surface area contributed by atoms with Crippen LogP contribution in [0.2, 0.25) is 0 Å². The standard InChI is InChI=1S/C14H25N3/c1-5-8-16-12-9-13(11-15-10-12)17-14(4,6-2)7-3/h9-11,16-17H,5-8H2,1-4H3. The number of hydrogen-bond donors (Lipinski definition) is 2. The van der Waals surface area contributed by atoms with Gasteiger partial charge in [-0.25, -0.2) is 0 Å². The second kappa shape index (κ2) is 6.48.